The Hall–Kier alpha value is -1.55. The standard InChI is InChI=1S/C11H12ClN3O/c1-11(2,9-14-15-10(13)16-9)7-4-3-5-8(12)6-7/h3-6H,1-2H3,(H2,13,15). The number of hydrogen-bond acceptors (Lipinski definition) is 4. The van der Waals surface area contributed by atoms with E-state index in [4.69, 9.17) is 21.8 Å². The molecular weight excluding hydrogens is 226 g/mol. The molecule has 0 aliphatic rings. The molecule has 1 heterocycles. The molecule has 0 atom stereocenters. The molecule has 2 N–H and O–H groups in total. The molecule has 4 nitrogen and oxygen atoms in total. The summed E-state index contributed by atoms with van der Waals surface area (Å²) < 4.78 is 5.26. The van der Waals surface area contributed by atoms with Gasteiger partial charge in [0.1, 0.15) is 0 Å². The minimum atomic E-state index is -0.407. The first kappa shape index (κ1) is 11.0. The van der Waals surface area contributed by atoms with Gasteiger partial charge in [-0.3, -0.25) is 0 Å². The highest BCUT2D eigenvalue weighted by atomic mass is 35.5. The molecule has 0 fully saturated rings. The molecule has 84 valence electrons. The lowest BCUT2D eigenvalue weighted by Crippen LogP contribution is -2.19. The maximum Gasteiger partial charge on any atom is 0.312 e. The van der Waals surface area contributed by atoms with Gasteiger partial charge in [0.15, 0.2) is 0 Å². The van der Waals surface area contributed by atoms with Gasteiger partial charge < -0.3 is 10.2 Å². The third kappa shape index (κ3) is 1.88. The lowest BCUT2D eigenvalue weighted by atomic mass is 9.84. The Balaban J connectivity index is 2.46. The van der Waals surface area contributed by atoms with Gasteiger partial charge in [-0.2, -0.15) is 0 Å². The predicted octanol–water partition coefficient (Wildman–Crippen LogP) is 2.63. The Labute approximate surface area is 98.4 Å². The Kier molecular flexibility index (Phi) is 2.59. The van der Waals surface area contributed by atoms with Gasteiger partial charge in [0.05, 0.1) is 5.41 Å². The molecule has 0 amide bonds. The number of hydrogen-bond donors (Lipinski definition) is 1. The van der Waals surface area contributed by atoms with E-state index in [1.165, 1.54) is 0 Å². The second-order valence-corrected chi connectivity index (χ2v) is 4.52. The lowest BCUT2D eigenvalue weighted by molar-refractivity contribution is 0.422. The van der Waals surface area contributed by atoms with Crippen molar-refractivity contribution in [3.8, 4) is 0 Å². The number of nitrogen functional groups attached to an aromatic ring is 1. The van der Waals surface area contributed by atoms with Gasteiger partial charge in [0.25, 0.3) is 0 Å². The summed E-state index contributed by atoms with van der Waals surface area (Å²) in [6.07, 6.45) is 0. The molecule has 1 aromatic heterocycles. The quantitative estimate of drug-likeness (QED) is 0.872. The van der Waals surface area contributed by atoms with Crippen molar-refractivity contribution >= 4 is 17.6 Å². The van der Waals surface area contributed by atoms with Crippen LogP contribution in [0.15, 0.2) is 28.7 Å². The fourth-order valence-corrected chi connectivity index (χ4v) is 1.68. The summed E-state index contributed by atoms with van der Waals surface area (Å²) in [5, 5.41) is 8.25. The molecular formula is C11H12ClN3O. The maximum absolute atomic E-state index is 5.95. The summed E-state index contributed by atoms with van der Waals surface area (Å²) in [7, 11) is 0. The third-order valence-corrected chi connectivity index (χ3v) is 2.76. The average molecular weight is 238 g/mol. The maximum atomic E-state index is 5.95. The largest absolute Gasteiger partial charge is 0.407 e. The Morgan fingerprint density at radius 3 is 2.62 bits per heavy atom. The van der Waals surface area contributed by atoms with Gasteiger partial charge in [-0.1, -0.05) is 28.8 Å². The van der Waals surface area contributed by atoms with Gasteiger partial charge >= 0.3 is 6.01 Å². The minimum Gasteiger partial charge on any atom is -0.407 e. The summed E-state index contributed by atoms with van der Waals surface area (Å²) in [5.41, 5.74) is 6.01. The van der Waals surface area contributed by atoms with Crippen LogP contribution >= 0.6 is 11.6 Å². The predicted molar refractivity (Wildman–Crippen MR) is 62.3 cm³/mol. The van der Waals surface area contributed by atoms with Crippen LogP contribution in [0.4, 0.5) is 6.01 Å². The zero-order chi connectivity index (χ0) is 11.8. The monoisotopic (exact) mass is 237 g/mol. The van der Waals surface area contributed by atoms with Crippen LogP contribution in [0.2, 0.25) is 5.02 Å². The second-order valence-electron chi connectivity index (χ2n) is 4.08. The smallest absolute Gasteiger partial charge is 0.312 e. The highest BCUT2D eigenvalue weighted by Gasteiger charge is 2.29. The van der Waals surface area contributed by atoms with Crippen LogP contribution in [-0.2, 0) is 5.41 Å². The third-order valence-electron chi connectivity index (χ3n) is 2.52. The summed E-state index contributed by atoms with van der Waals surface area (Å²) in [5.74, 6) is 0.479. The van der Waals surface area contributed by atoms with Crippen LogP contribution in [0.25, 0.3) is 0 Å². The van der Waals surface area contributed by atoms with Crippen molar-refractivity contribution in [2.24, 2.45) is 0 Å². The average Bonchev–Trinajstić information content (AvgIpc) is 2.65. The number of aromatic nitrogens is 2. The molecule has 1 aromatic carbocycles. The summed E-state index contributed by atoms with van der Waals surface area (Å²) in [6.45, 7) is 3.96. The Bertz CT molecular complexity index is 507. The number of benzene rings is 1. The van der Waals surface area contributed by atoms with E-state index in [1.54, 1.807) is 0 Å². The molecule has 0 saturated carbocycles. The molecule has 2 rings (SSSR count). The number of nitrogens with two attached hydrogens (primary N) is 1. The van der Waals surface area contributed by atoms with Gasteiger partial charge in [-0.25, -0.2) is 0 Å². The van der Waals surface area contributed by atoms with Gasteiger partial charge in [-0.05, 0) is 31.5 Å². The molecule has 0 saturated heterocycles. The molecule has 0 unspecified atom stereocenters. The number of anilines is 1. The molecule has 2 aromatic rings. The molecule has 0 spiro atoms. The zero-order valence-corrected chi connectivity index (χ0v) is 9.82. The van der Waals surface area contributed by atoms with Crippen LogP contribution < -0.4 is 5.73 Å². The fourth-order valence-electron chi connectivity index (χ4n) is 1.49. The van der Waals surface area contributed by atoms with Gasteiger partial charge in [-0.15, -0.1) is 5.10 Å². The highest BCUT2D eigenvalue weighted by Crippen LogP contribution is 2.31. The normalized spacial score (nSPS) is 11.7. The summed E-state index contributed by atoms with van der Waals surface area (Å²) >= 11 is 5.95. The highest BCUT2D eigenvalue weighted by molar-refractivity contribution is 6.30. The van der Waals surface area contributed by atoms with Crippen molar-refractivity contribution in [2.75, 3.05) is 5.73 Å². The lowest BCUT2D eigenvalue weighted by Gasteiger charge is -2.20. The molecule has 0 bridgehead atoms. The van der Waals surface area contributed by atoms with Gasteiger partial charge in [0.2, 0.25) is 5.89 Å². The van der Waals surface area contributed by atoms with Crippen LogP contribution in [0.3, 0.4) is 0 Å². The number of rotatable bonds is 2. The molecule has 0 aliphatic carbocycles. The van der Waals surface area contributed by atoms with Crippen LogP contribution in [0, 0.1) is 0 Å². The minimum absolute atomic E-state index is 0.0742. The van der Waals surface area contributed by atoms with E-state index in [1.807, 2.05) is 38.1 Å². The molecule has 5 heteroatoms. The SMILES string of the molecule is CC(C)(c1cccc(Cl)c1)c1nnc(N)o1. The van der Waals surface area contributed by atoms with E-state index in [0.29, 0.717) is 10.9 Å². The van der Waals surface area contributed by atoms with Crippen molar-refractivity contribution in [1.29, 1.82) is 0 Å². The van der Waals surface area contributed by atoms with Crippen molar-refractivity contribution in [3.05, 3.63) is 40.7 Å². The second kappa shape index (κ2) is 3.79. The first-order valence-electron chi connectivity index (χ1n) is 4.85. The van der Waals surface area contributed by atoms with Crippen molar-refractivity contribution in [1.82, 2.24) is 10.2 Å². The first-order chi connectivity index (χ1) is 7.50. The number of nitrogens with zero attached hydrogens (tertiary/aromatic N) is 2. The van der Waals surface area contributed by atoms with Crippen LogP contribution in [0.1, 0.15) is 25.3 Å². The summed E-state index contributed by atoms with van der Waals surface area (Å²) in [6, 6.07) is 7.63. The van der Waals surface area contributed by atoms with E-state index in [0.717, 1.165) is 5.56 Å². The van der Waals surface area contributed by atoms with E-state index in [2.05, 4.69) is 10.2 Å². The van der Waals surface area contributed by atoms with Crippen LogP contribution in [0.5, 0.6) is 0 Å². The summed E-state index contributed by atoms with van der Waals surface area (Å²) in [4.78, 5) is 0. The number of halogens is 1. The molecule has 0 aliphatic heterocycles. The molecule has 16 heavy (non-hydrogen) atoms. The van der Waals surface area contributed by atoms with E-state index in [-0.39, 0.29) is 6.01 Å². The molecule has 0 radical (unpaired) electrons. The zero-order valence-electron chi connectivity index (χ0n) is 9.07. The Morgan fingerprint density at radius 2 is 2.06 bits per heavy atom. The topological polar surface area (TPSA) is 64.9 Å². The fraction of sp³-hybridized carbons (Fsp3) is 0.273. The van der Waals surface area contributed by atoms with Gasteiger partial charge in [0, 0.05) is 5.02 Å². The van der Waals surface area contributed by atoms with Crippen molar-refractivity contribution < 1.29 is 4.42 Å². The van der Waals surface area contributed by atoms with E-state index < -0.39 is 5.41 Å². The van der Waals surface area contributed by atoms with Crippen LogP contribution in [-0.4, -0.2) is 10.2 Å². The van der Waals surface area contributed by atoms with E-state index in [9.17, 15) is 0 Å². The van der Waals surface area contributed by atoms with Crippen molar-refractivity contribution in [3.63, 3.8) is 0 Å². The first-order valence-corrected chi connectivity index (χ1v) is 5.23. The van der Waals surface area contributed by atoms with E-state index >= 15 is 0 Å². The van der Waals surface area contributed by atoms with Crippen molar-refractivity contribution in [2.45, 2.75) is 19.3 Å². The Morgan fingerprint density at radius 1 is 1.31 bits per heavy atom.